The molecule has 154 valence electrons. The second-order valence-corrected chi connectivity index (χ2v) is 7.55. The molecule has 2 N–H and O–H groups in total. The molecule has 0 saturated heterocycles. The van der Waals surface area contributed by atoms with Gasteiger partial charge in [-0.05, 0) is 42.5 Å². The third-order valence-electron chi connectivity index (χ3n) is 4.94. The third kappa shape index (κ3) is 3.94. The van der Waals surface area contributed by atoms with Gasteiger partial charge in [0.05, 0.1) is 12.4 Å². The summed E-state index contributed by atoms with van der Waals surface area (Å²) in [6.45, 7) is 6.62. The second-order valence-electron chi connectivity index (χ2n) is 7.55. The number of aryl methyl sites for hydroxylation is 1. The van der Waals surface area contributed by atoms with Crippen molar-refractivity contribution in [2.45, 2.75) is 33.1 Å². The molecule has 4 aromatic rings. The van der Waals surface area contributed by atoms with Gasteiger partial charge in [-0.3, -0.25) is 4.98 Å². The molecule has 0 unspecified atom stereocenters. The highest BCUT2D eigenvalue weighted by Crippen LogP contribution is 2.24. The monoisotopic (exact) mass is 406 g/mol. The fourth-order valence-electron chi connectivity index (χ4n) is 3.27. The van der Waals surface area contributed by atoms with Crippen molar-refractivity contribution in [3.8, 4) is 17.1 Å². The summed E-state index contributed by atoms with van der Waals surface area (Å²) < 4.78 is 15.4. The average molecular weight is 406 g/mol. The highest BCUT2D eigenvalue weighted by atomic mass is 19.1. The van der Waals surface area contributed by atoms with Gasteiger partial charge in [-0.15, -0.1) is 0 Å². The number of aromatic nitrogens is 5. The lowest BCUT2D eigenvalue weighted by molar-refractivity contribution is 0.471. The summed E-state index contributed by atoms with van der Waals surface area (Å²) in [6, 6.07) is 6.92. The van der Waals surface area contributed by atoms with Crippen molar-refractivity contribution in [1.82, 2.24) is 24.6 Å². The number of hydrogen-bond acceptors (Lipinski definition) is 6. The van der Waals surface area contributed by atoms with Crippen LogP contribution in [0.3, 0.4) is 0 Å². The zero-order valence-corrected chi connectivity index (χ0v) is 17.1. The summed E-state index contributed by atoms with van der Waals surface area (Å²) in [7, 11) is 0. The van der Waals surface area contributed by atoms with Gasteiger partial charge in [0, 0.05) is 23.9 Å². The lowest BCUT2D eigenvalue weighted by atomic mass is 10.1. The Labute approximate surface area is 173 Å². The van der Waals surface area contributed by atoms with Gasteiger partial charge in [0.1, 0.15) is 11.6 Å². The predicted molar refractivity (Wildman–Crippen MR) is 113 cm³/mol. The molecule has 0 radical (unpaired) electrons. The van der Waals surface area contributed by atoms with Gasteiger partial charge < -0.3 is 10.4 Å². The minimum atomic E-state index is -0.439. The lowest BCUT2D eigenvalue weighted by Gasteiger charge is -2.11. The predicted octanol–water partition coefficient (Wildman–Crippen LogP) is 4.12. The van der Waals surface area contributed by atoms with E-state index < -0.39 is 5.82 Å². The first kappa shape index (κ1) is 19.8. The van der Waals surface area contributed by atoms with Crippen LogP contribution in [0.1, 0.15) is 36.5 Å². The topological polar surface area (TPSA) is 88.2 Å². The molecule has 0 fully saturated rings. The van der Waals surface area contributed by atoms with Crippen LogP contribution in [0.2, 0.25) is 0 Å². The fourth-order valence-corrected chi connectivity index (χ4v) is 3.27. The largest absolute Gasteiger partial charge is 0.508 e. The van der Waals surface area contributed by atoms with Crippen LogP contribution in [0.4, 0.5) is 10.3 Å². The number of halogens is 1. The number of phenols is 1. The van der Waals surface area contributed by atoms with Crippen LogP contribution in [0, 0.1) is 12.7 Å². The molecule has 0 aliphatic carbocycles. The van der Waals surface area contributed by atoms with Gasteiger partial charge >= 0.3 is 0 Å². The number of pyridine rings is 1. The van der Waals surface area contributed by atoms with Gasteiger partial charge in [0.15, 0.2) is 11.5 Å². The molecule has 4 rings (SSSR count). The number of hydrogen-bond donors (Lipinski definition) is 2. The van der Waals surface area contributed by atoms with E-state index in [-0.39, 0.29) is 11.7 Å². The number of nitrogens with zero attached hydrogens (tertiary/aromatic N) is 5. The van der Waals surface area contributed by atoms with Crippen molar-refractivity contribution in [2.24, 2.45) is 0 Å². The molecule has 0 saturated carbocycles. The van der Waals surface area contributed by atoms with Crippen LogP contribution in [-0.2, 0) is 6.42 Å². The maximum atomic E-state index is 13.7. The summed E-state index contributed by atoms with van der Waals surface area (Å²) >= 11 is 0. The zero-order chi connectivity index (χ0) is 21.3. The van der Waals surface area contributed by atoms with Crippen LogP contribution in [-0.4, -0.2) is 36.2 Å². The molecule has 0 amide bonds. The molecule has 3 aromatic heterocycles. The molecule has 7 nitrogen and oxygen atoms in total. The molecule has 0 aliphatic heterocycles. The Bertz CT molecular complexity index is 1200. The highest BCUT2D eigenvalue weighted by molar-refractivity contribution is 5.62. The Hall–Kier alpha value is -3.55. The Morgan fingerprint density at radius 3 is 2.70 bits per heavy atom. The van der Waals surface area contributed by atoms with E-state index in [9.17, 15) is 9.50 Å². The molecule has 8 heteroatoms. The van der Waals surface area contributed by atoms with E-state index in [0.29, 0.717) is 29.5 Å². The van der Waals surface area contributed by atoms with E-state index >= 15 is 0 Å². The number of aromatic hydroxyl groups is 1. The van der Waals surface area contributed by atoms with Gasteiger partial charge in [0.2, 0.25) is 5.95 Å². The van der Waals surface area contributed by atoms with Crippen molar-refractivity contribution in [1.29, 1.82) is 0 Å². The number of benzene rings is 1. The van der Waals surface area contributed by atoms with Crippen LogP contribution in [0.25, 0.3) is 17.0 Å². The highest BCUT2D eigenvalue weighted by Gasteiger charge is 2.16. The van der Waals surface area contributed by atoms with Crippen LogP contribution in [0.5, 0.6) is 5.75 Å². The molecule has 30 heavy (non-hydrogen) atoms. The maximum absolute atomic E-state index is 13.7. The SMILES string of the molecule is Cc1cc(CCNc2nc(-c3cncc(F)c3)nc3c(C(C)C)cnn23)ccc1O. The number of phenolic OH excluding ortho intramolecular Hbond substituents is 1. The summed E-state index contributed by atoms with van der Waals surface area (Å²) in [4.78, 5) is 13.1. The number of rotatable bonds is 6. The zero-order valence-electron chi connectivity index (χ0n) is 17.1. The smallest absolute Gasteiger partial charge is 0.227 e. The minimum Gasteiger partial charge on any atom is -0.508 e. The summed E-state index contributed by atoms with van der Waals surface area (Å²) in [5.41, 5.74) is 4.11. The minimum absolute atomic E-state index is 0.226. The Balaban J connectivity index is 1.67. The molecule has 0 atom stereocenters. The molecule has 1 aromatic carbocycles. The van der Waals surface area contributed by atoms with E-state index in [1.165, 1.54) is 6.07 Å². The Morgan fingerprint density at radius 2 is 1.97 bits per heavy atom. The van der Waals surface area contributed by atoms with Crippen molar-refractivity contribution in [2.75, 3.05) is 11.9 Å². The summed E-state index contributed by atoms with van der Waals surface area (Å²) in [5.74, 6) is 0.992. The van der Waals surface area contributed by atoms with Crippen molar-refractivity contribution < 1.29 is 9.50 Å². The fraction of sp³-hybridized carbons (Fsp3) is 0.273. The Morgan fingerprint density at radius 1 is 1.13 bits per heavy atom. The number of nitrogens with one attached hydrogen (secondary N) is 1. The van der Waals surface area contributed by atoms with E-state index in [0.717, 1.165) is 29.3 Å². The van der Waals surface area contributed by atoms with E-state index in [4.69, 9.17) is 0 Å². The molecule has 3 heterocycles. The van der Waals surface area contributed by atoms with Gasteiger partial charge in [-0.2, -0.15) is 14.6 Å². The first-order valence-corrected chi connectivity index (χ1v) is 9.81. The third-order valence-corrected chi connectivity index (χ3v) is 4.94. The Kier molecular flexibility index (Phi) is 5.31. The van der Waals surface area contributed by atoms with Gasteiger partial charge in [-0.1, -0.05) is 26.0 Å². The van der Waals surface area contributed by atoms with Crippen molar-refractivity contribution >= 4 is 11.6 Å². The van der Waals surface area contributed by atoms with E-state index in [1.807, 2.05) is 19.1 Å². The molecular formula is C22H23FN6O. The van der Waals surface area contributed by atoms with Gasteiger partial charge in [0.25, 0.3) is 0 Å². The van der Waals surface area contributed by atoms with Gasteiger partial charge in [-0.25, -0.2) is 9.37 Å². The number of anilines is 1. The quantitative estimate of drug-likeness (QED) is 0.501. The van der Waals surface area contributed by atoms with Crippen LogP contribution < -0.4 is 5.32 Å². The molecule has 0 aliphatic rings. The maximum Gasteiger partial charge on any atom is 0.227 e. The molecule has 0 spiro atoms. The summed E-state index contributed by atoms with van der Waals surface area (Å²) in [5, 5.41) is 17.5. The lowest BCUT2D eigenvalue weighted by Crippen LogP contribution is -2.13. The summed E-state index contributed by atoms with van der Waals surface area (Å²) in [6.07, 6.45) is 5.22. The van der Waals surface area contributed by atoms with E-state index in [1.54, 1.807) is 23.0 Å². The second kappa shape index (κ2) is 8.06. The van der Waals surface area contributed by atoms with Crippen LogP contribution in [0.15, 0.2) is 42.9 Å². The molecular weight excluding hydrogens is 383 g/mol. The molecule has 0 bridgehead atoms. The van der Waals surface area contributed by atoms with Crippen LogP contribution >= 0.6 is 0 Å². The standard InChI is InChI=1S/C22H23FN6O/c1-13(2)18-12-26-29-21(18)27-20(16-9-17(23)11-24-10-16)28-22(29)25-7-6-15-4-5-19(30)14(3)8-15/h4-5,8-13,30H,6-7H2,1-3H3,(H,25,27,28). The first-order chi connectivity index (χ1) is 14.4. The van der Waals surface area contributed by atoms with E-state index in [2.05, 4.69) is 39.2 Å². The first-order valence-electron chi connectivity index (χ1n) is 9.81. The number of fused-ring (bicyclic) bond motifs is 1. The normalized spacial score (nSPS) is 11.4. The average Bonchev–Trinajstić information content (AvgIpc) is 3.15. The van der Waals surface area contributed by atoms with Crippen molar-refractivity contribution in [3.05, 3.63) is 65.4 Å². The van der Waals surface area contributed by atoms with Crippen molar-refractivity contribution in [3.63, 3.8) is 0 Å².